The van der Waals surface area contributed by atoms with Crippen LogP contribution in [0.1, 0.15) is 12.8 Å². The molecule has 2 nitrogen and oxygen atoms in total. The first kappa shape index (κ1) is 11.3. The molecule has 0 N–H and O–H groups in total. The van der Waals surface area contributed by atoms with Crippen LogP contribution in [0, 0.1) is 0 Å². The van der Waals surface area contributed by atoms with Crippen molar-refractivity contribution in [3.63, 3.8) is 0 Å². The maximum Gasteiger partial charge on any atom is 0.0114 e. The Bertz CT molecular complexity index is 155. The van der Waals surface area contributed by atoms with E-state index in [-0.39, 0.29) is 0 Å². The van der Waals surface area contributed by atoms with Gasteiger partial charge in [-0.05, 0) is 45.7 Å². The molecule has 0 radical (unpaired) electrons. The van der Waals surface area contributed by atoms with Gasteiger partial charge in [-0.3, -0.25) is 4.31 Å². The third kappa shape index (κ3) is 3.15. The van der Waals surface area contributed by atoms with Crippen molar-refractivity contribution in [2.75, 3.05) is 46.0 Å². The minimum Gasteiger partial charge on any atom is -0.306 e. The molecule has 3 heteroatoms. The van der Waals surface area contributed by atoms with Gasteiger partial charge in [-0.15, -0.1) is 0 Å². The first-order valence-corrected chi connectivity index (χ1v) is 7.82. The highest BCUT2D eigenvalue weighted by Crippen LogP contribution is 2.41. The van der Waals surface area contributed by atoms with Crippen LogP contribution in [0.25, 0.3) is 0 Å². The Hall–Kier alpha value is 0.270. The largest absolute Gasteiger partial charge is 0.306 e. The third-order valence-corrected chi connectivity index (χ3v) is 4.84. The van der Waals surface area contributed by atoms with Crippen LogP contribution in [0.2, 0.25) is 0 Å². The van der Waals surface area contributed by atoms with E-state index in [1.807, 2.05) is 0 Å². The van der Waals surface area contributed by atoms with Gasteiger partial charge < -0.3 is 4.90 Å². The van der Waals surface area contributed by atoms with Crippen LogP contribution >= 0.6 is 10.2 Å². The monoisotopic (exact) mass is 204 g/mol. The number of piperidine rings is 1. The van der Waals surface area contributed by atoms with Crippen molar-refractivity contribution in [3.05, 3.63) is 0 Å². The predicted molar refractivity (Wildman–Crippen MR) is 63.6 cm³/mol. The summed E-state index contributed by atoms with van der Waals surface area (Å²) < 4.78 is 2.67. The molecule has 0 spiro atoms. The molecule has 1 heterocycles. The average molecular weight is 204 g/mol. The molecule has 1 rings (SSSR count). The van der Waals surface area contributed by atoms with E-state index >= 15 is 0 Å². The fourth-order valence-electron chi connectivity index (χ4n) is 1.91. The van der Waals surface area contributed by atoms with Gasteiger partial charge in [0.2, 0.25) is 0 Å². The SMILES string of the molecule is CN(C)C1CCN(S(C)(C)C)CC1. The van der Waals surface area contributed by atoms with E-state index in [1.54, 1.807) is 0 Å². The normalized spacial score (nSPS) is 23.8. The Labute approximate surface area is 84.7 Å². The fraction of sp³-hybridized carbons (Fsp3) is 1.00. The highest BCUT2D eigenvalue weighted by atomic mass is 32.3. The lowest BCUT2D eigenvalue weighted by atomic mass is 10.1. The van der Waals surface area contributed by atoms with Crippen molar-refractivity contribution < 1.29 is 0 Å². The smallest absolute Gasteiger partial charge is 0.0114 e. The van der Waals surface area contributed by atoms with Crippen LogP contribution in [-0.4, -0.2) is 61.2 Å². The van der Waals surface area contributed by atoms with E-state index in [0.29, 0.717) is 0 Å². The van der Waals surface area contributed by atoms with Crippen LogP contribution in [0.3, 0.4) is 0 Å². The minimum atomic E-state index is -0.460. The molecule has 13 heavy (non-hydrogen) atoms. The Kier molecular flexibility index (Phi) is 3.66. The van der Waals surface area contributed by atoms with Gasteiger partial charge in [-0.25, -0.2) is 0 Å². The molecule has 0 amide bonds. The van der Waals surface area contributed by atoms with Gasteiger partial charge in [-0.2, -0.15) is 10.2 Å². The highest BCUT2D eigenvalue weighted by molar-refractivity contribution is 8.30. The van der Waals surface area contributed by atoms with Crippen LogP contribution < -0.4 is 0 Å². The Balaban J connectivity index is 2.39. The van der Waals surface area contributed by atoms with E-state index in [1.165, 1.54) is 25.9 Å². The van der Waals surface area contributed by atoms with E-state index < -0.39 is 10.2 Å². The van der Waals surface area contributed by atoms with Gasteiger partial charge in [0.15, 0.2) is 0 Å². The molecule has 0 aliphatic carbocycles. The predicted octanol–water partition coefficient (Wildman–Crippen LogP) is 1.62. The summed E-state index contributed by atoms with van der Waals surface area (Å²) in [5.74, 6) is 0. The highest BCUT2D eigenvalue weighted by Gasteiger charge is 2.24. The molecule has 1 aliphatic heterocycles. The summed E-state index contributed by atoms with van der Waals surface area (Å²) in [5, 5.41) is 0. The Morgan fingerprint density at radius 2 is 1.54 bits per heavy atom. The minimum absolute atomic E-state index is 0.460. The first-order valence-electron chi connectivity index (χ1n) is 5.01. The Morgan fingerprint density at radius 3 is 1.85 bits per heavy atom. The lowest BCUT2D eigenvalue weighted by Gasteiger charge is -2.45. The van der Waals surface area contributed by atoms with Gasteiger partial charge in [0.25, 0.3) is 0 Å². The van der Waals surface area contributed by atoms with Crippen molar-refractivity contribution in [2.24, 2.45) is 0 Å². The van der Waals surface area contributed by atoms with Crippen molar-refractivity contribution in [1.29, 1.82) is 0 Å². The van der Waals surface area contributed by atoms with Crippen LogP contribution in [0.4, 0.5) is 0 Å². The van der Waals surface area contributed by atoms with E-state index in [0.717, 1.165) is 6.04 Å². The van der Waals surface area contributed by atoms with E-state index in [9.17, 15) is 0 Å². The number of hydrogen-bond acceptors (Lipinski definition) is 2. The maximum absolute atomic E-state index is 2.67. The third-order valence-electron chi connectivity index (χ3n) is 2.93. The van der Waals surface area contributed by atoms with Crippen molar-refractivity contribution >= 4 is 10.2 Å². The molecule has 1 saturated heterocycles. The molecule has 1 fully saturated rings. The van der Waals surface area contributed by atoms with Gasteiger partial charge in [0.05, 0.1) is 0 Å². The molecular weight excluding hydrogens is 180 g/mol. The summed E-state index contributed by atoms with van der Waals surface area (Å²) in [6.07, 6.45) is 9.86. The quantitative estimate of drug-likeness (QED) is 0.674. The molecule has 0 saturated carbocycles. The molecule has 0 aromatic carbocycles. The summed E-state index contributed by atoms with van der Waals surface area (Å²) in [5.41, 5.74) is 0. The van der Waals surface area contributed by atoms with Crippen LogP contribution in [-0.2, 0) is 0 Å². The second kappa shape index (κ2) is 4.20. The van der Waals surface area contributed by atoms with Gasteiger partial charge in [0.1, 0.15) is 0 Å². The second-order valence-electron chi connectivity index (χ2n) is 4.90. The number of nitrogens with zero attached hydrogens (tertiary/aromatic N) is 2. The van der Waals surface area contributed by atoms with Gasteiger partial charge >= 0.3 is 0 Å². The van der Waals surface area contributed by atoms with Crippen LogP contribution in [0.15, 0.2) is 0 Å². The summed E-state index contributed by atoms with van der Waals surface area (Å²) in [6.45, 7) is 2.59. The summed E-state index contributed by atoms with van der Waals surface area (Å²) in [6, 6.07) is 0.818. The average Bonchev–Trinajstić information content (AvgIpc) is 2.03. The van der Waals surface area contributed by atoms with Gasteiger partial charge in [0, 0.05) is 19.1 Å². The van der Waals surface area contributed by atoms with Crippen molar-refractivity contribution in [3.8, 4) is 0 Å². The topological polar surface area (TPSA) is 6.48 Å². The maximum atomic E-state index is 2.67. The molecule has 0 unspecified atom stereocenters. The zero-order chi connectivity index (χ0) is 10.1. The lowest BCUT2D eigenvalue weighted by Crippen LogP contribution is -2.42. The zero-order valence-corrected chi connectivity index (χ0v) is 10.5. The fourth-order valence-corrected chi connectivity index (χ4v) is 3.21. The first-order chi connectivity index (χ1) is 5.91. The van der Waals surface area contributed by atoms with Crippen molar-refractivity contribution in [1.82, 2.24) is 9.21 Å². The summed E-state index contributed by atoms with van der Waals surface area (Å²) in [4.78, 5) is 2.37. The number of rotatable bonds is 2. The lowest BCUT2D eigenvalue weighted by molar-refractivity contribution is 0.201. The Morgan fingerprint density at radius 1 is 1.08 bits per heavy atom. The summed E-state index contributed by atoms with van der Waals surface area (Å²) in [7, 11) is 3.94. The van der Waals surface area contributed by atoms with E-state index in [2.05, 4.69) is 42.1 Å². The standard InChI is InChI=1S/C10H24N2S/c1-11(2)10-6-8-12(9-7-10)13(3,4)5/h10H,6-9H2,1-5H3. The number of hydrogen-bond donors (Lipinski definition) is 0. The molecule has 0 aromatic heterocycles. The van der Waals surface area contributed by atoms with Gasteiger partial charge in [-0.1, -0.05) is 0 Å². The molecule has 0 bridgehead atoms. The second-order valence-corrected chi connectivity index (χ2v) is 8.96. The van der Waals surface area contributed by atoms with Crippen molar-refractivity contribution in [2.45, 2.75) is 18.9 Å². The molecule has 1 aliphatic rings. The zero-order valence-electron chi connectivity index (χ0n) is 9.71. The van der Waals surface area contributed by atoms with E-state index in [4.69, 9.17) is 0 Å². The van der Waals surface area contributed by atoms with Crippen LogP contribution in [0.5, 0.6) is 0 Å². The molecule has 0 atom stereocenters. The summed E-state index contributed by atoms with van der Waals surface area (Å²) >= 11 is 0. The molecule has 0 aromatic rings. The molecule has 80 valence electrons. The molecular formula is C10H24N2S.